The molecule has 0 bridgehead atoms. The molecule has 0 amide bonds. The fourth-order valence-corrected chi connectivity index (χ4v) is 2.41. The molecule has 0 radical (unpaired) electrons. The molecule has 3 heterocycles. The average molecular weight is 352 g/mol. The second kappa shape index (κ2) is 5.72. The third kappa shape index (κ3) is 2.85. The number of nitrogens with zero attached hydrogens (tertiary/aromatic N) is 4. The van der Waals surface area contributed by atoms with E-state index in [0.717, 1.165) is 10.0 Å². The van der Waals surface area contributed by atoms with Gasteiger partial charge >= 0.3 is 0 Å². The number of hydrogen-bond acceptors (Lipinski definition) is 6. The van der Waals surface area contributed by atoms with E-state index < -0.39 is 0 Å². The highest BCUT2D eigenvalue weighted by Crippen LogP contribution is 2.23. The molecule has 0 fully saturated rings. The molecule has 1 N–H and O–H groups in total. The van der Waals surface area contributed by atoms with E-state index in [0.29, 0.717) is 24.0 Å². The molecule has 8 heteroatoms. The molecule has 0 aliphatic carbocycles. The first-order valence-electron chi connectivity index (χ1n) is 6.33. The Labute approximate surface area is 130 Å². The fourth-order valence-electron chi connectivity index (χ4n) is 2.03. The second-order valence-corrected chi connectivity index (χ2v) is 5.42. The molecule has 110 valence electrons. The molecule has 0 aromatic carbocycles. The lowest BCUT2D eigenvalue weighted by molar-refractivity contribution is 0.109. The van der Waals surface area contributed by atoms with Crippen LogP contribution in [0.2, 0.25) is 0 Å². The summed E-state index contributed by atoms with van der Waals surface area (Å²) in [6.07, 6.45) is 3.75. The van der Waals surface area contributed by atoms with E-state index in [1.165, 1.54) is 0 Å². The number of hydrogen-bond donors (Lipinski definition) is 1. The molecule has 2 aromatic heterocycles. The van der Waals surface area contributed by atoms with Crippen LogP contribution in [0.1, 0.15) is 17.3 Å². The highest BCUT2D eigenvalue weighted by Gasteiger charge is 2.22. The molecule has 1 aliphatic rings. The van der Waals surface area contributed by atoms with Crippen LogP contribution in [0.15, 0.2) is 34.2 Å². The smallest absolute Gasteiger partial charge is 0.228 e. The van der Waals surface area contributed by atoms with Crippen molar-refractivity contribution in [2.45, 2.75) is 6.04 Å². The zero-order chi connectivity index (χ0) is 14.8. The lowest BCUT2D eigenvalue weighted by Gasteiger charge is -2.22. The van der Waals surface area contributed by atoms with Gasteiger partial charge < -0.3 is 14.9 Å². The summed E-state index contributed by atoms with van der Waals surface area (Å²) < 4.78 is 7.74. The van der Waals surface area contributed by atoms with Crippen molar-refractivity contribution in [2.75, 3.05) is 13.7 Å². The SMILES string of the molecule is COc1nc(C2=NOCC(c3cnn(C)c3)N2)ccc1Br. The molecule has 2 aromatic rings. The zero-order valence-corrected chi connectivity index (χ0v) is 13.2. The molecule has 0 saturated carbocycles. The minimum atomic E-state index is -0.0114. The number of halogens is 1. The largest absolute Gasteiger partial charge is 0.480 e. The lowest BCUT2D eigenvalue weighted by atomic mass is 10.1. The summed E-state index contributed by atoms with van der Waals surface area (Å²) in [5.41, 5.74) is 1.69. The lowest BCUT2D eigenvalue weighted by Crippen LogP contribution is -2.36. The van der Waals surface area contributed by atoms with E-state index in [-0.39, 0.29) is 6.04 Å². The van der Waals surface area contributed by atoms with Gasteiger partial charge in [-0.2, -0.15) is 5.10 Å². The molecule has 1 atom stereocenters. The number of aryl methyl sites for hydroxylation is 1. The topological polar surface area (TPSA) is 73.6 Å². The third-order valence-electron chi connectivity index (χ3n) is 3.09. The van der Waals surface area contributed by atoms with Crippen LogP contribution in [-0.2, 0) is 11.9 Å². The van der Waals surface area contributed by atoms with Crippen molar-refractivity contribution in [1.29, 1.82) is 0 Å². The van der Waals surface area contributed by atoms with Crippen LogP contribution in [-0.4, -0.2) is 34.3 Å². The average Bonchev–Trinajstić information content (AvgIpc) is 2.94. The van der Waals surface area contributed by atoms with Gasteiger partial charge in [-0.05, 0) is 28.1 Å². The predicted molar refractivity (Wildman–Crippen MR) is 80.1 cm³/mol. The van der Waals surface area contributed by atoms with Crippen molar-refractivity contribution in [3.63, 3.8) is 0 Å². The Balaban J connectivity index is 1.84. The van der Waals surface area contributed by atoms with E-state index in [1.807, 2.05) is 25.4 Å². The van der Waals surface area contributed by atoms with Crippen molar-refractivity contribution in [2.24, 2.45) is 12.2 Å². The van der Waals surface area contributed by atoms with Gasteiger partial charge in [-0.1, -0.05) is 5.16 Å². The summed E-state index contributed by atoms with van der Waals surface area (Å²) in [5.74, 6) is 1.07. The summed E-state index contributed by atoms with van der Waals surface area (Å²) in [4.78, 5) is 9.70. The number of pyridine rings is 1. The van der Waals surface area contributed by atoms with E-state index in [4.69, 9.17) is 9.57 Å². The first-order valence-corrected chi connectivity index (χ1v) is 7.12. The van der Waals surface area contributed by atoms with Crippen LogP contribution >= 0.6 is 15.9 Å². The Hall–Kier alpha value is -2.09. The number of amidine groups is 1. The quantitative estimate of drug-likeness (QED) is 0.909. The van der Waals surface area contributed by atoms with Gasteiger partial charge in [-0.25, -0.2) is 4.98 Å². The van der Waals surface area contributed by atoms with Gasteiger partial charge in [0.1, 0.15) is 12.3 Å². The normalized spacial score (nSPS) is 17.7. The second-order valence-electron chi connectivity index (χ2n) is 4.57. The molecular weight excluding hydrogens is 338 g/mol. The Morgan fingerprint density at radius 1 is 1.48 bits per heavy atom. The maximum Gasteiger partial charge on any atom is 0.228 e. The first kappa shape index (κ1) is 13.9. The predicted octanol–water partition coefficient (Wildman–Crippen LogP) is 1.61. The Bertz CT molecular complexity index is 685. The summed E-state index contributed by atoms with van der Waals surface area (Å²) in [5, 5.41) is 11.5. The monoisotopic (exact) mass is 351 g/mol. The van der Waals surface area contributed by atoms with Gasteiger partial charge in [0.15, 0.2) is 5.84 Å². The summed E-state index contributed by atoms with van der Waals surface area (Å²) >= 11 is 3.38. The summed E-state index contributed by atoms with van der Waals surface area (Å²) in [7, 11) is 3.45. The van der Waals surface area contributed by atoms with E-state index in [2.05, 4.69) is 36.5 Å². The van der Waals surface area contributed by atoms with Crippen LogP contribution in [0, 0.1) is 0 Å². The van der Waals surface area contributed by atoms with Gasteiger partial charge in [-0.15, -0.1) is 0 Å². The molecule has 21 heavy (non-hydrogen) atoms. The fraction of sp³-hybridized carbons (Fsp3) is 0.308. The molecule has 3 rings (SSSR count). The number of methoxy groups -OCH3 is 1. The van der Waals surface area contributed by atoms with Crippen molar-refractivity contribution in [1.82, 2.24) is 20.1 Å². The third-order valence-corrected chi connectivity index (χ3v) is 3.69. The number of ether oxygens (including phenoxy) is 1. The van der Waals surface area contributed by atoms with Crippen molar-refractivity contribution >= 4 is 21.8 Å². The van der Waals surface area contributed by atoms with Crippen molar-refractivity contribution in [3.8, 4) is 5.88 Å². The maximum atomic E-state index is 5.31. The van der Waals surface area contributed by atoms with Gasteiger partial charge in [0.05, 0.1) is 23.8 Å². The minimum Gasteiger partial charge on any atom is -0.480 e. The minimum absolute atomic E-state index is 0.0114. The van der Waals surface area contributed by atoms with Gasteiger partial charge in [0.25, 0.3) is 0 Å². The molecular formula is C13H14BrN5O2. The molecule has 0 spiro atoms. The van der Waals surface area contributed by atoms with E-state index >= 15 is 0 Å². The standard InChI is InChI=1S/C13H14BrN5O2/c1-19-6-8(5-15-19)11-7-21-18-12(16-11)10-4-3-9(14)13(17-10)20-2/h3-6,11H,7H2,1-2H3,(H,16,18). The van der Waals surface area contributed by atoms with Crippen LogP contribution in [0.3, 0.4) is 0 Å². The zero-order valence-electron chi connectivity index (χ0n) is 11.6. The van der Waals surface area contributed by atoms with Crippen molar-refractivity contribution < 1.29 is 9.57 Å². The van der Waals surface area contributed by atoms with Crippen molar-refractivity contribution in [3.05, 3.63) is 40.3 Å². The number of rotatable bonds is 3. The van der Waals surface area contributed by atoms with E-state index in [1.54, 1.807) is 18.0 Å². The van der Waals surface area contributed by atoms with Crippen LogP contribution in [0.4, 0.5) is 0 Å². The Morgan fingerprint density at radius 2 is 2.33 bits per heavy atom. The number of aromatic nitrogens is 3. The van der Waals surface area contributed by atoms with Crippen LogP contribution < -0.4 is 10.1 Å². The number of nitrogens with one attached hydrogen (secondary N) is 1. The summed E-state index contributed by atoms with van der Waals surface area (Å²) in [6, 6.07) is 3.69. The summed E-state index contributed by atoms with van der Waals surface area (Å²) in [6.45, 7) is 0.447. The van der Waals surface area contributed by atoms with Crippen LogP contribution in [0.5, 0.6) is 5.88 Å². The molecule has 1 aliphatic heterocycles. The molecule has 0 saturated heterocycles. The Morgan fingerprint density at radius 3 is 3.05 bits per heavy atom. The van der Waals surface area contributed by atoms with Gasteiger partial charge in [-0.3, -0.25) is 4.68 Å². The maximum absolute atomic E-state index is 5.31. The van der Waals surface area contributed by atoms with Crippen LogP contribution in [0.25, 0.3) is 0 Å². The molecule has 1 unspecified atom stereocenters. The molecule has 7 nitrogen and oxygen atoms in total. The van der Waals surface area contributed by atoms with E-state index in [9.17, 15) is 0 Å². The Kier molecular flexibility index (Phi) is 3.78. The van der Waals surface area contributed by atoms with Gasteiger partial charge in [0, 0.05) is 18.8 Å². The first-order chi connectivity index (χ1) is 10.2. The number of oxime groups is 1. The van der Waals surface area contributed by atoms with Gasteiger partial charge in [0.2, 0.25) is 5.88 Å². The highest BCUT2D eigenvalue weighted by molar-refractivity contribution is 9.10. The highest BCUT2D eigenvalue weighted by atomic mass is 79.9.